The van der Waals surface area contributed by atoms with E-state index in [9.17, 15) is 4.79 Å². The molecule has 2 aromatic carbocycles. The smallest absolute Gasteiger partial charge is 0.137 e. The number of alkyl halides is 1. The summed E-state index contributed by atoms with van der Waals surface area (Å²) in [5, 5.41) is -0.0307. The Balaban J connectivity index is 1.72. The zero-order valence-electron chi connectivity index (χ0n) is 16.1. The third-order valence-corrected chi connectivity index (χ3v) is 6.36. The Labute approximate surface area is 162 Å². The number of carbonyl (C=O) groups is 1. The molecule has 3 rings (SSSR count). The van der Waals surface area contributed by atoms with Crippen molar-refractivity contribution in [1.29, 1.82) is 0 Å². The molecule has 0 amide bonds. The third-order valence-electron chi connectivity index (χ3n) is 5.88. The Morgan fingerprint density at radius 2 is 1.85 bits per heavy atom. The minimum atomic E-state index is -0.0307. The molecule has 1 saturated carbocycles. The van der Waals surface area contributed by atoms with Gasteiger partial charge in [0.25, 0.3) is 0 Å². The summed E-state index contributed by atoms with van der Waals surface area (Å²) in [6.07, 6.45) is 4.34. The van der Waals surface area contributed by atoms with Crippen LogP contribution in [-0.2, 0) is 24.1 Å². The first-order valence-corrected chi connectivity index (χ1v) is 10.2. The Kier molecular flexibility index (Phi) is 6.19. The Hall–Kier alpha value is -1.60. The second-order valence-electron chi connectivity index (χ2n) is 7.80. The van der Waals surface area contributed by atoms with Crippen LogP contribution in [-0.4, -0.2) is 11.2 Å². The first-order chi connectivity index (χ1) is 12.5. The first kappa shape index (κ1) is 19.2. The maximum Gasteiger partial charge on any atom is 0.137 e. The van der Waals surface area contributed by atoms with E-state index in [1.807, 2.05) is 0 Å². The van der Waals surface area contributed by atoms with Gasteiger partial charge in [0.05, 0.1) is 0 Å². The van der Waals surface area contributed by atoms with Crippen LogP contribution >= 0.6 is 11.6 Å². The third kappa shape index (κ3) is 4.38. The average Bonchev–Trinajstić information content (AvgIpc) is 2.88. The molecule has 1 fully saturated rings. The SMILES string of the molecule is CCc1cccc(C[C@H]2C(Cl)CC(=O)[C@@H]2CCc2ccc(C)cc2C)c1. The van der Waals surface area contributed by atoms with Crippen molar-refractivity contribution >= 4 is 17.4 Å². The highest BCUT2D eigenvalue weighted by Gasteiger charge is 2.40. The van der Waals surface area contributed by atoms with Crippen molar-refractivity contribution in [2.75, 3.05) is 0 Å². The lowest BCUT2D eigenvalue weighted by Gasteiger charge is -2.21. The fourth-order valence-corrected chi connectivity index (χ4v) is 4.73. The number of hydrogen-bond acceptors (Lipinski definition) is 1. The second-order valence-corrected chi connectivity index (χ2v) is 8.36. The van der Waals surface area contributed by atoms with E-state index in [1.54, 1.807) is 0 Å². The van der Waals surface area contributed by atoms with Crippen LogP contribution in [0.2, 0.25) is 0 Å². The Morgan fingerprint density at radius 1 is 1.08 bits per heavy atom. The highest BCUT2D eigenvalue weighted by molar-refractivity contribution is 6.23. The van der Waals surface area contributed by atoms with E-state index in [4.69, 9.17) is 11.6 Å². The average molecular weight is 369 g/mol. The number of carbonyl (C=O) groups excluding carboxylic acids is 1. The van der Waals surface area contributed by atoms with Crippen LogP contribution in [0.5, 0.6) is 0 Å². The van der Waals surface area contributed by atoms with Gasteiger partial charge in [-0.25, -0.2) is 0 Å². The summed E-state index contributed by atoms with van der Waals surface area (Å²) >= 11 is 6.60. The first-order valence-electron chi connectivity index (χ1n) is 9.78. The summed E-state index contributed by atoms with van der Waals surface area (Å²) in [7, 11) is 0. The lowest BCUT2D eigenvalue weighted by molar-refractivity contribution is -0.121. The molecule has 0 aliphatic heterocycles. The molecule has 2 aromatic rings. The van der Waals surface area contributed by atoms with Crippen molar-refractivity contribution in [3.05, 3.63) is 70.3 Å². The number of hydrogen-bond donors (Lipinski definition) is 0. The minimum Gasteiger partial charge on any atom is -0.299 e. The number of rotatable bonds is 6. The van der Waals surface area contributed by atoms with Crippen LogP contribution in [0, 0.1) is 25.7 Å². The molecule has 0 N–H and O–H groups in total. The van der Waals surface area contributed by atoms with Gasteiger partial charge in [-0.15, -0.1) is 11.6 Å². The molecule has 0 spiro atoms. The predicted molar refractivity (Wildman–Crippen MR) is 110 cm³/mol. The fraction of sp³-hybridized carbons (Fsp3) is 0.458. The summed E-state index contributed by atoms with van der Waals surface area (Å²) in [5.74, 6) is 0.692. The van der Waals surface area contributed by atoms with E-state index in [0.29, 0.717) is 12.2 Å². The second kappa shape index (κ2) is 8.39. The summed E-state index contributed by atoms with van der Waals surface area (Å²) in [6, 6.07) is 15.3. The van der Waals surface area contributed by atoms with Crippen molar-refractivity contribution in [1.82, 2.24) is 0 Å². The molecule has 1 unspecified atom stereocenters. The Bertz CT molecular complexity index is 780. The van der Waals surface area contributed by atoms with Crippen molar-refractivity contribution < 1.29 is 4.79 Å². The molecule has 0 radical (unpaired) electrons. The molecule has 0 bridgehead atoms. The quantitative estimate of drug-likeness (QED) is 0.584. The van der Waals surface area contributed by atoms with Gasteiger partial charge in [-0.2, -0.15) is 0 Å². The van der Waals surface area contributed by atoms with Crippen LogP contribution in [0.4, 0.5) is 0 Å². The number of ketones is 1. The van der Waals surface area contributed by atoms with Gasteiger partial charge in [-0.3, -0.25) is 4.79 Å². The van der Waals surface area contributed by atoms with E-state index < -0.39 is 0 Å². The maximum absolute atomic E-state index is 12.6. The lowest BCUT2D eigenvalue weighted by Crippen LogP contribution is -2.21. The summed E-state index contributed by atoms with van der Waals surface area (Å²) in [4.78, 5) is 12.6. The number of benzene rings is 2. The van der Waals surface area contributed by atoms with Gasteiger partial charge in [0, 0.05) is 17.7 Å². The maximum atomic E-state index is 12.6. The van der Waals surface area contributed by atoms with Gasteiger partial charge >= 0.3 is 0 Å². The molecule has 1 aliphatic carbocycles. The van der Waals surface area contributed by atoms with Gasteiger partial charge in [0.1, 0.15) is 5.78 Å². The standard InChI is InChI=1S/C24H29ClO/c1-4-18-6-5-7-19(13-18)14-22-21(24(26)15-23(22)25)11-10-20-9-8-16(2)12-17(20)3/h5-9,12-13,21-23H,4,10-11,14-15H2,1-3H3/t21-,22-,23?/m1/s1. The topological polar surface area (TPSA) is 17.1 Å². The van der Waals surface area contributed by atoms with E-state index in [1.165, 1.54) is 27.8 Å². The van der Waals surface area contributed by atoms with Gasteiger partial charge in [-0.05, 0) is 67.7 Å². The summed E-state index contributed by atoms with van der Waals surface area (Å²) in [6.45, 7) is 6.46. The van der Waals surface area contributed by atoms with E-state index >= 15 is 0 Å². The predicted octanol–water partition coefficient (Wildman–Crippen LogP) is 5.85. The van der Waals surface area contributed by atoms with Crippen LogP contribution < -0.4 is 0 Å². The van der Waals surface area contributed by atoms with Crippen LogP contribution in [0.3, 0.4) is 0 Å². The molecule has 138 valence electrons. The van der Waals surface area contributed by atoms with Gasteiger partial charge in [0.15, 0.2) is 0 Å². The van der Waals surface area contributed by atoms with Crippen molar-refractivity contribution in [2.45, 2.75) is 58.3 Å². The van der Waals surface area contributed by atoms with Gasteiger partial charge < -0.3 is 0 Å². The van der Waals surface area contributed by atoms with Crippen LogP contribution in [0.15, 0.2) is 42.5 Å². The fourth-order valence-electron chi connectivity index (χ4n) is 4.32. The molecule has 1 nitrogen and oxygen atoms in total. The molecular weight excluding hydrogens is 340 g/mol. The molecule has 0 heterocycles. The zero-order valence-corrected chi connectivity index (χ0v) is 16.9. The molecule has 1 aliphatic rings. The number of aryl methyl sites for hydroxylation is 4. The normalized spacial score (nSPS) is 22.8. The minimum absolute atomic E-state index is 0.0307. The molecular formula is C24H29ClO. The largest absolute Gasteiger partial charge is 0.299 e. The molecule has 3 atom stereocenters. The van der Waals surface area contributed by atoms with Crippen LogP contribution in [0.1, 0.15) is 47.6 Å². The molecule has 0 saturated heterocycles. The van der Waals surface area contributed by atoms with E-state index in [-0.39, 0.29) is 17.2 Å². The van der Waals surface area contributed by atoms with E-state index in [0.717, 1.165) is 25.7 Å². The van der Waals surface area contributed by atoms with E-state index in [2.05, 4.69) is 63.2 Å². The molecule has 26 heavy (non-hydrogen) atoms. The molecule has 2 heteroatoms. The number of halogens is 1. The van der Waals surface area contributed by atoms with Crippen LogP contribution in [0.25, 0.3) is 0 Å². The highest BCUT2D eigenvalue weighted by atomic mass is 35.5. The van der Waals surface area contributed by atoms with Gasteiger partial charge in [-0.1, -0.05) is 55.0 Å². The van der Waals surface area contributed by atoms with Gasteiger partial charge in [0.2, 0.25) is 0 Å². The molecule has 0 aromatic heterocycles. The Morgan fingerprint density at radius 3 is 2.58 bits per heavy atom. The highest BCUT2D eigenvalue weighted by Crippen LogP contribution is 2.38. The van der Waals surface area contributed by atoms with Crippen molar-refractivity contribution in [2.24, 2.45) is 11.8 Å². The monoisotopic (exact) mass is 368 g/mol. The zero-order chi connectivity index (χ0) is 18.7. The van der Waals surface area contributed by atoms with Crippen molar-refractivity contribution in [3.63, 3.8) is 0 Å². The summed E-state index contributed by atoms with van der Waals surface area (Å²) < 4.78 is 0. The lowest BCUT2D eigenvalue weighted by atomic mass is 9.84. The summed E-state index contributed by atoms with van der Waals surface area (Å²) in [5.41, 5.74) is 6.63. The van der Waals surface area contributed by atoms with Crippen molar-refractivity contribution in [3.8, 4) is 0 Å². The number of Topliss-reactive ketones (excluding diaryl/α,β-unsaturated/α-hetero) is 1.